The Morgan fingerprint density at radius 1 is 1.28 bits per heavy atom. The summed E-state index contributed by atoms with van der Waals surface area (Å²) >= 11 is 1.14. The molecule has 2 atom stereocenters. The number of carbonyl (C=O) groups is 2. The van der Waals surface area contributed by atoms with E-state index in [1.165, 1.54) is 10.6 Å². The lowest BCUT2D eigenvalue weighted by atomic mass is 9.94. The number of carbonyl (C=O) groups excluding carboxylic acids is 2. The fraction of sp³-hybridized carbons (Fsp3) is 0.600. The van der Waals surface area contributed by atoms with Crippen molar-refractivity contribution in [2.24, 2.45) is 11.8 Å². The standard InChI is InChI=1S/C20H28N4O6S2/c1-5-30-16(26)7-21-15(25)10-23-11-22-19-17(20(23)27)18(14(4)31-19)32(28,29)24-8-12(2)6-13(3)9-24/h11-13H,5-10H2,1-4H3,(H,21,25)/t12-,13-/m1/s1. The lowest BCUT2D eigenvalue weighted by Crippen LogP contribution is -2.43. The number of thiophene rings is 1. The number of nitrogens with one attached hydrogen (secondary N) is 1. The van der Waals surface area contributed by atoms with Crippen molar-refractivity contribution in [3.8, 4) is 0 Å². The van der Waals surface area contributed by atoms with Gasteiger partial charge in [-0.3, -0.25) is 19.0 Å². The van der Waals surface area contributed by atoms with Crippen molar-refractivity contribution in [2.75, 3.05) is 26.2 Å². The Kier molecular flexibility index (Phi) is 7.36. The number of rotatable bonds is 7. The molecule has 0 saturated carbocycles. The van der Waals surface area contributed by atoms with Crippen LogP contribution in [-0.2, 0) is 30.9 Å². The number of hydrogen-bond acceptors (Lipinski definition) is 8. The Hall–Kier alpha value is -2.31. The molecule has 10 nitrogen and oxygen atoms in total. The molecule has 1 N–H and O–H groups in total. The molecule has 12 heteroatoms. The Balaban J connectivity index is 1.94. The summed E-state index contributed by atoms with van der Waals surface area (Å²) in [7, 11) is -3.91. The van der Waals surface area contributed by atoms with Gasteiger partial charge in [0.05, 0.1) is 18.3 Å². The van der Waals surface area contributed by atoms with Crippen molar-refractivity contribution in [2.45, 2.75) is 45.6 Å². The zero-order chi connectivity index (χ0) is 23.6. The number of ether oxygens (including phenoxy) is 1. The van der Waals surface area contributed by atoms with E-state index in [0.717, 1.165) is 22.3 Å². The molecule has 0 aromatic carbocycles. The molecular formula is C20H28N4O6S2. The largest absolute Gasteiger partial charge is 0.465 e. The normalized spacial score (nSPS) is 19.8. The molecular weight excluding hydrogens is 456 g/mol. The molecule has 3 rings (SSSR count). The van der Waals surface area contributed by atoms with Gasteiger partial charge in [-0.25, -0.2) is 13.4 Å². The van der Waals surface area contributed by atoms with Crippen molar-refractivity contribution >= 4 is 43.5 Å². The Labute approximate surface area is 190 Å². The van der Waals surface area contributed by atoms with Crippen LogP contribution in [-0.4, -0.2) is 60.4 Å². The first kappa shape index (κ1) is 24.3. The second-order valence-corrected chi connectivity index (χ2v) is 11.3. The average molecular weight is 485 g/mol. The van der Waals surface area contributed by atoms with Crippen molar-refractivity contribution < 1.29 is 22.7 Å². The van der Waals surface area contributed by atoms with Gasteiger partial charge in [0, 0.05) is 18.0 Å². The molecule has 1 aliphatic heterocycles. The van der Waals surface area contributed by atoms with Crippen LogP contribution in [0.3, 0.4) is 0 Å². The molecule has 32 heavy (non-hydrogen) atoms. The van der Waals surface area contributed by atoms with E-state index in [9.17, 15) is 22.8 Å². The Bertz CT molecular complexity index is 1180. The molecule has 1 saturated heterocycles. The summed E-state index contributed by atoms with van der Waals surface area (Å²) in [5.41, 5.74) is -0.609. The number of amides is 1. The minimum Gasteiger partial charge on any atom is -0.465 e. The highest BCUT2D eigenvalue weighted by atomic mass is 32.2. The smallest absolute Gasteiger partial charge is 0.325 e. The van der Waals surface area contributed by atoms with E-state index in [1.54, 1.807) is 13.8 Å². The third kappa shape index (κ3) is 5.02. The van der Waals surface area contributed by atoms with Gasteiger partial charge < -0.3 is 10.1 Å². The fourth-order valence-corrected chi connectivity index (χ4v) is 7.41. The van der Waals surface area contributed by atoms with Gasteiger partial charge in [0.1, 0.15) is 22.8 Å². The van der Waals surface area contributed by atoms with Crippen LogP contribution in [0, 0.1) is 18.8 Å². The first-order valence-corrected chi connectivity index (χ1v) is 12.7. The molecule has 2 aromatic rings. The molecule has 0 bridgehead atoms. The quantitative estimate of drug-likeness (QED) is 0.583. The maximum atomic E-state index is 13.5. The number of esters is 1. The second kappa shape index (κ2) is 9.67. The highest BCUT2D eigenvalue weighted by molar-refractivity contribution is 7.89. The Morgan fingerprint density at radius 2 is 1.94 bits per heavy atom. The van der Waals surface area contributed by atoms with E-state index in [-0.39, 0.29) is 35.3 Å². The molecule has 0 radical (unpaired) electrons. The van der Waals surface area contributed by atoms with Gasteiger partial charge in [0.2, 0.25) is 15.9 Å². The molecule has 0 aliphatic carbocycles. The summed E-state index contributed by atoms with van der Waals surface area (Å²) in [5.74, 6) is -0.738. The van der Waals surface area contributed by atoms with Gasteiger partial charge in [-0.2, -0.15) is 4.31 Å². The van der Waals surface area contributed by atoms with Crippen LogP contribution in [0.5, 0.6) is 0 Å². The van der Waals surface area contributed by atoms with Crippen LogP contribution in [0.25, 0.3) is 10.2 Å². The van der Waals surface area contributed by atoms with Gasteiger partial charge in [-0.15, -0.1) is 11.3 Å². The maximum absolute atomic E-state index is 13.5. The van der Waals surface area contributed by atoms with Crippen LogP contribution >= 0.6 is 11.3 Å². The summed E-state index contributed by atoms with van der Waals surface area (Å²) in [6.45, 7) is 7.61. The number of piperidine rings is 1. The zero-order valence-electron chi connectivity index (χ0n) is 18.6. The first-order valence-electron chi connectivity index (χ1n) is 10.5. The molecule has 0 unspecified atom stereocenters. The van der Waals surface area contributed by atoms with E-state index >= 15 is 0 Å². The molecule has 1 aliphatic rings. The fourth-order valence-electron chi connectivity index (χ4n) is 4.06. The van der Waals surface area contributed by atoms with Crippen LogP contribution < -0.4 is 10.9 Å². The minimum atomic E-state index is -3.91. The van der Waals surface area contributed by atoms with Gasteiger partial charge in [-0.05, 0) is 32.1 Å². The third-order valence-electron chi connectivity index (χ3n) is 5.28. The molecule has 1 amide bonds. The molecule has 3 heterocycles. The van der Waals surface area contributed by atoms with Crippen LogP contribution in [0.2, 0.25) is 0 Å². The highest BCUT2D eigenvalue weighted by Gasteiger charge is 2.35. The summed E-state index contributed by atoms with van der Waals surface area (Å²) in [6.07, 6.45) is 2.16. The Morgan fingerprint density at radius 3 is 2.56 bits per heavy atom. The van der Waals surface area contributed by atoms with Crippen molar-refractivity contribution in [1.29, 1.82) is 0 Å². The third-order valence-corrected chi connectivity index (χ3v) is 8.43. The second-order valence-electron chi connectivity index (χ2n) is 8.19. The predicted octanol–water partition coefficient (Wildman–Crippen LogP) is 1.11. The van der Waals surface area contributed by atoms with E-state index in [2.05, 4.69) is 10.3 Å². The number of aryl methyl sites for hydroxylation is 1. The topological polar surface area (TPSA) is 128 Å². The van der Waals surface area contributed by atoms with Crippen LogP contribution in [0.15, 0.2) is 16.0 Å². The summed E-state index contributed by atoms with van der Waals surface area (Å²) < 4.78 is 34.3. The van der Waals surface area contributed by atoms with Gasteiger partial charge in [0.25, 0.3) is 5.56 Å². The molecule has 2 aromatic heterocycles. The van der Waals surface area contributed by atoms with E-state index < -0.39 is 34.0 Å². The van der Waals surface area contributed by atoms with Crippen LogP contribution in [0.1, 0.15) is 32.1 Å². The number of nitrogens with zero attached hydrogens (tertiary/aromatic N) is 3. The van der Waals surface area contributed by atoms with Gasteiger partial charge in [0.15, 0.2) is 0 Å². The van der Waals surface area contributed by atoms with Crippen LogP contribution in [0.4, 0.5) is 0 Å². The summed E-state index contributed by atoms with van der Waals surface area (Å²) in [5, 5.41) is 2.38. The average Bonchev–Trinajstić information content (AvgIpc) is 3.05. The number of sulfonamides is 1. The first-order chi connectivity index (χ1) is 15.0. The van der Waals surface area contributed by atoms with Crippen molar-refractivity contribution in [1.82, 2.24) is 19.2 Å². The summed E-state index contributed by atoms with van der Waals surface area (Å²) in [4.78, 5) is 41.8. The molecule has 1 fully saturated rings. The monoisotopic (exact) mass is 484 g/mol. The predicted molar refractivity (Wildman–Crippen MR) is 120 cm³/mol. The van der Waals surface area contributed by atoms with E-state index in [0.29, 0.717) is 22.8 Å². The van der Waals surface area contributed by atoms with E-state index in [1.807, 2.05) is 13.8 Å². The maximum Gasteiger partial charge on any atom is 0.325 e. The zero-order valence-corrected chi connectivity index (χ0v) is 20.2. The van der Waals surface area contributed by atoms with Gasteiger partial charge >= 0.3 is 5.97 Å². The highest BCUT2D eigenvalue weighted by Crippen LogP contribution is 2.35. The van der Waals surface area contributed by atoms with Crippen molar-refractivity contribution in [3.05, 3.63) is 21.6 Å². The number of aromatic nitrogens is 2. The SMILES string of the molecule is CCOC(=O)CNC(=O)Cn1cnc2sc(C)c(S(=O)(=O)N3C[C@H](C)C[C@@H](C)C3)c2c1=O. The lowest BCUT2D eigenvalue weighted by molar-refractivity contribution is -0.143. The minimum absolute atomic E-state index is 0.000859. The molecule has 0 spiro atoms. The van der Waals surface area contributed by atoms with E-state index in [4.69, 9.17) is 4.74 Å². The number of hydrogen-bond donors (Lipinski definition) is 1. The molecule has 176 valence electrons. The number of fused-ring (bicyclic) bond motifs is 1. The van der Waals surface area contributed by atoms with Gasteiger partial charge in [-0.1, -0.05) is 13.8 Å². The summed E-state index contributed by atoms with van der Waals surface area (Å²) in [6, 6.07) is 0. The van der Waals surface area contributed by atoms with Crippen molar-refractivity contribution in [3.63, 3.8) is 0 Å². The lowest BCUT2D eigenvalue weighted by Gasteiger charge is -2.34.